The average Bonchev–Trinajstić information content (AvgIpc) is 2.82. The van der Waals surface area contributed by atoms with Crippen molar-refractivity contribution in [2.24, 2.45) is 5.92 Å². The van der Waals surface area contributed by atoms with E-state index in [1.54, 1.807) is 22.1 Å². The van der Waals surface area contributed by atoms with E-state index in [1.807, 2.05) is 30.0 Å². The number of hydrogen-bond donors (Lipinski definition) is 0. The lowest BCUT2D eigenvalue weighted by molar-refractivity contribution is 0.0174. The Kier molecular flexibility index (Phi) is 5.57. The van der Waals surface area contributed by atoms with Gasteiger partial charge in [-0.05, 0) is 31.4 Å². The maximum absolute atomic E-state index is 12.3. The van der Waals surface area contributed by atoms with Gasteiger partial charge in [-0.1, -0.05) is 19.9 Å². The molecule has 2 unspecified atom stereocenters. The van der Waals surface area contributed by atoms with E-state index in [-0.39, 0.29) is 18.0 Å². The average molecular weight is 319 g/mol. The molecule has 126 valence electrons. The molecule has 3 atom stereocenters. The van der Waals surface area contributed by atoms with Gasteiger partial charge in [-0.3, -0.25) is 4.79 Å². The van der Waals surface area contributed by atoms with Crippen molar-refractivity contribution in [3.8, 4) is 11.5 Å². The predicted octanol–water partition coefficient (Wildman–Crippen LogP) is 2.59. The van der Waals surface area contributed by atoms with E-state index in [4.69, 9.17) is 14.2 Å². The molecule has 1 fully saturated rings. The van der Waals surface area contributed by atoms with E-state index in [0.29, 0.717) is 17.4 Å². The van der Waals surface area contributed by atoms with Gasteiger partial charge in [0.05, 0.1) is 31.9 Å². The molecule has 0 bridgehead atoms. The van der Waals surface area contributed by atoms with E-state index in [9.17, 15) is 4.79 Å². The quantitative estimate of drug-likeness (QED) is 0.783. The van der Waals surface area contributed by atoms with Crippen molar-refractivity contribution in [1.29, 1.82) is 0 Å². The van der Waals surface area contributed by atoms with Crippen LogP contribution in [0.25, 0.3) is 0 Å². The van der Waals surface area contributed by atoms with Crippen LogP contribution >= 0.6 is 0 Å². The molecule has 0 radical (unpaired) electrons. The van der Waals surface area contributed by atoms with E-state index in [1.165, 1.54) is 0 Å². The highest BCUT2D eigenvalue weighted by molar-refractivity contribution is 6.57. The van der Waals surface area contributed by atoms with E-state index >= 15 is 0 Å². The molecule has 1 amide bonds. The fourth-order valence-electron chi connectivity index (χ4n) is 3.28. The van der Waals surface area contributed by atoms with E-state index < -0.39 is 6.23 Å². The van der Waals surface area contributed by atoms with Gasteiger partial charge >= 0.3 is 0 Å². The number of hydrogen-bond acceptors (Lipinski definition) is 4. The van der Waals surface area contributed by atoms with Crippen molar-refractivity contribution in [2.45, 2.75) is 45.6 Å². The van der Waals surface area contributed by atoms with Gasteiger partial charge in [-0.25, -0.2) is 0 Å². The third kappa shape index (κ3) is 3.47. The predicted molar refractivity (Wildman–Crippen MR) is 91.9 cm³/mol. The van der Waals surface area contributed by atoms with Gasteiger partial charge in [-0.15, -0.1) is 0 Å². The first-order chi connectivity index (χ1) is 10.9. The highest BCUT2D eigenvalue weighted by Crippen LogP contribution is 2.44. The Morgan fingerprint density at radius 3 is 2.30 bits per heavy atom. The van der Waals surface area contributed by atoms with Crippen molar-refractivity contribution in [3.05, 3.63) is 23.8 Å². The summed E-state index contributed by atoms with van der Waals surface area (Å²) >= 11 is 0. The van der Waals surface area contributed by atoms with Crippen molar-refractivity contribution in [2.75, 3.05) is 14.2 Å². The van der Waals surface area contributed by atoms with Crippen molar-refractivity contribution < 1.29 is 19.0 Å². The molecular formula is C17H26BNO4. The van der Waals surface area contributed by atoms with E-state index in [2.05, 4.69) is 13.8 Å². The first kappa shape index (κ1) is 17.7. The molecule has 1 saturated heterocycles. The highest BCUT2D eigenvalue weighted by Gasteiger charge is 2.44. The molecule has 2 rings (SSSR count). The van der Waals surface area contributed by atoms with Gasteiger partial charge in [0, 0.05) is 0 Å². The molecule has 0 aromatic heterocycles. The lowest BCUT2D eigenvalue weighted by Gasteiger charge is -2.30. The Balaban J connectivity index is 2.48. The Morgan fingerprint density at radius 2 is 1.87 bits per heavy atom. The second-order valence-corrected chi connectivity index (χ2v) is 6.39. The van der Waals surface area contributed by atoms with E-state index in [0.717, 1.165) is 12.0 Å². The summed E-state index contributed by atoms with van der Waals surface area (Å²) in [5.41, 5.74) is 0.769. The molecule has 0 N–H and O–H groups in total. The molecule has 23 heavy (non-hydrogen) atoms. The zero-order chi connectivity index (χ0) is 17.1. The van der Waals surface area contributed by atoms with Crippen LogP contribution in [0.4, 0.5) is 4.79 Å². The Bertz CT molecular complexity index is 541. The number of methoxy groups -OCH3 is 2. The maximum atomic E-state index is 12.3. The molecule has 6 heteroatoms. The smallest absolute Gasteiger partial charge is 0.216 e. The van der Waals surface area contributed by atoms with Crippen LogP contribution in [0.5, 0.6) is 11.5 Å². The lowest BCUT2D eigenvalue weighted by Crippen LogP contribution is -2.40. The number of carbonyl (C=O) groups is 1. The molecule has 1 heterocycles. The lowest BCUT2D eigenvalue weighted by atomic mass is 9.96. The molecule has 1 aliphatic heterocycles. The Morgan fingerprint density at radius 1 is 1.30 bits per heavy atom. The molecular weight excluding hydrogens is 293 g/mol. The third-order valence-electron chi connectivity index (χ3n) is 4.28. The van der Waals surface area contributed by atoms with Crippen LogP contribution in [0.15, 0.2) is 18.2 Å². The van der Waals surface area contributed by atoms with Crippen LogP contribution in [0, 0.1) is 5.92 Å². The van der Waals surface area contributed by atoms with Crippen LogP contribution in [0.2, 0.25) is 0 Å². The molecule has 0 saturated carbocycles. The summed E-state index contributed by atoms with van der Waals surface area (Å²) in [5, 5.41) is 0. The van der Waals surface area contributed by atoms with Crippen LogP contribution in [-0.4, -0.2) is 44.9 Å². The summed E-state index contributed by atoms with van der Waals surface area (Å²) in [6.45, 7) is 6.33. The summed E-state index contributed by atoms with van der Waals surface area (Å²) in [7, 11) is 4.81. The molecule has 0 aliphatic carbocycles. The molecule has 5 nitrogen and oxygen atoms in total. The monoisotopic (exact) mass is 319 g/mol. The fourth-order valence-corrected chi connectivity index (χ4v) is 3.28. The SMILES string of the molecule is BC(=O)N1C(c2c(OC)cccc2OC)O[C@@H](C)C1CC(C)C. The minimum Gasteiger partial charge on any atom is -0.496 e. The fraction of sp³-hybridized carbons (Fsp3) is 0.588. The second-order valence-electron chi connectivity index (χ2n) is 6.39. The van der Waals surface area contributed by atoms with Gasteiger partial charge in [-0.2, -0.15) is 0 Å². The van der Waals surface area contributed by atoms with Gasteiger partial charge in [0.15, 0.2) is 12.0 Å². The van der Waals surface area contributed by atoms with Crippen LogP contribution < -0.4 is 9.47 Å². The second kappa shape index (κ2) is 7.26. The highest BCUT2D eigenvalue weighted by atomic mass is 16.5. The summed E-state index contributed by atoms with van der Waals surface area (Å²) in [6, 6.07) is 5.63. The topological polar surface area (TPSA) is 48.0 Å². The number of amides is 1. The minimum atomic E-state index is -0.489. The first-order valence-corrected chi connectivity index (χ1v) is 8.05. The minimum absolute atomic E-state index is 0.00189. The van der Waals surface area contributed by atoms with Crippen LogP contribution in [0.3, 0.4) is 0 Å². The molecule has 1 aromatic rings. The molecule has 1 aliphatic rings. The number of benzene rings is 1. The summed E-state index contributed by atoms with van der Waals surface area (Å²) < 4.78 is 17.1. The standard InChI is InChI=1S/C17H26BNO4/c1-10(2)9-12-11(3)23-16(19(12)17(18)20)15-13(21-4)7-6-8-14(15)22-5/h6-8,10-12,16H,9,18H2,1-5H3/t11-,12?,16?/m0/s1. The number of ether oxygens (including phenoxy) is 3. The zero-order valence-corrected chi connectivity index (χ0v) is 14.8. The van der Waals surface area contributed by atoms with Gasteiger partial charge in [0.2, 0.25) is 7.85 Å². The van der Waals surface area contributed by atoms with Gasteiger partial charge < -0.3 is 19.1 Å². The first-order valence-electron chi connectivity index (χ1n) is 8.05. The van der Waals surface area contributed by atoms with Crippen molar-refractivity contribution >= 4 is 13.7 Å². The molecule has 1 aromatic carbocycles. The summed E-state index contributed by atoms with van der Waals surface area (Å²) in [5.74, 6) is 1.81. The maximum Gasteiger partial charge on any atom is 0.216 e. The number of rotatable bonds is 5. The summed E-state index contributed by atoms with van der Waals surface area (Å²) in [4.78, 5) is 14.2. The molecule has 0 spiro atoms. The van der Waals surface area contributed by atoms with Gasteiger partial charge in [0.1, 0.15) is 11.5 Å². The number of carbonyl (C=O) groups excluding carboxylic acids is 1. The third-order valence-corrected chi connectivity index (χ3v) is 4.28. The zero-order valence-electron chi connectivity index (χ0n) is 14.8. The Hall–Kier alpha value is -1.69. The number of nitrogens with zero attached hydrogens (tertiary/aromatic N) is 1. The van der Waals surface area contributed by atoms with Crippen molar-refractivity contribution in [1.82, 2.24) is 4.90 Å². The summed E-state index contributed by atoms with van der Waals surface area (Å²) in [6.07, 6.45) is 0.368. The Labute approximate surface area is 139 Å². The van der Waals surface area contributed by atoms with Crippen LogP contribution in [0.1, 0.15) is 39.0 Å². The van der Waals surface area contributed by atoms with Crippen LogP contribution in [-0.2, 0) is 4.74 Å². The normalized spacial score (nSPS) is 24.1. The largest absolute Gasteiger partial charge is 0.496 e. The van der Waals surface area contributed by atoms with Gasteiger partial charge in [0.25, 0.3) is 0 Å². The van der Waals surface area contributed by atoms with Crippen molar-refractivity contribution in [3.63, 3.8) is 0 Å².